The second-order valence-electron chi connectivity index (χ2n) is 8.66. The van der Waals surface area contributed by atoms with Crippen molar-refractivity contribution in [3.05, 3.63) is 131 Å². The summed E-state index contributed by atoms with van der Waals surface area (Å²) in [5.74, 6) is 1.90. The van der Waals surface area contributed by atoms with Gasteiger partial charge in [0.05, 0.1) is 35.8 Å². The predicted molar refractivity (Wildman–Crippen MR) is 142 cm³/mol. The normalized spacial score (nSPS) is 11.0. The number of aromatic nitrogens is 3. The quantitative estimate of drug-likeness (QED) is 0.192. The van der Waals surface area contributed by atoms with Crippen molar-refractivity contribution in [3.8, 4) is 17.2 Å². The Kier molecular flexibility index (Phi) is 5.86. The lowest BCUT2D eigenvalue weighted by Gasteiger charge is -2.21. The Morgan fingerprint density at radius 1 is 0.432 bits per heavy atom. The number of pyridine rings is 3. The minimum atomic E-state index is -2.92. The third kappa shape index (κ3) is 4.32. The zero-order valence-electron chi connectivity index (χ0n) is 20.2. The fourth-order valence-electron chi connectivity index (χ4n) is 4.59. The number of benzene rings is 3. The van der Waals surface area contributed by atoms with Crippen molar-refractivity contribution in [1.29, 1.82) is 0 Å². The van der Waals surface area contributed by atoms with Crippen molar-refractivity contribution in [2.45, 2.75) is 0 Å². The molecule has 3 aromatic carbocycles. The Labute approximate surface area is 220 Å². The maximum Gasteiger partial charge on any atom is 1.20 e. The van der Waals surface area contributed by atoms with E-state index in [1.165, 1.54) is 0 Å². The maximum atomic E-state index is 6.57. The van der Waals surface area contributed by atoms with Crippen molar-refractivity contribution >= 4 is 47.9 Å². The summed E-state index contributed by atoms with van der Waals surface area (Å²) in [5.41, 5.74) is 2.56. The van der Waals surface area contributed by atoms with Crippen LogP contribution in [0.25, 0.3) is 32.7 Å². The van der Waals surface area contributed by atoms with Crippen LogP contribution in [0.1, 0.15) is 0 Å². The van der Waals surface area contributed by atoms with Gasteiger partial charge in [-0.2, -0.15) is 0 Å². The molecule has 7 heteroatoms. The molecule has 0 unspecified atom stereocenters. The molecule has 6 aromatic rings. The molecule has 0 bridgehead atoms. The molecule has 0 N–H and O–H groups in total. The van der Waals surface area contributed by atoms with Crippen LogP contribution in [0.5, 0.6) is 17.2 Å². The van der Waals surface area contributed by atoms with Gasteiger partial charge in [-0.1, -0.05) is 72.8 Å². The van der Waals surface area contributed by atoms with Crippen LogP contribution < -0.4 is 25.1 Å². The van der Waals surface area contributed by atoms with Crippen LogP contribution in [0.2, 0.25) is 0 Å². The van der Waals surface area contributed by atoms with Crippen LogP contribution in [0.3, 0.4) is 0 Å². The van der Waals surface area contributed by atoms with E-state index in [0.717, 1.165) is 32.7 Å². The van der Waals surface area contributed by atoms with Gasteiger partial charge in [-0.3, -0.25) is 0 Å². The third-order valence-electron chi connectivity index (χ3n) is 6.25. The molecule has 6 rings (SSSR count). The molecule has 0 amide bonds. The van der Waals surface area contributed by atoms with E-state index in [1.54, 1.807) is 13.7 Å². The molecule has 0 spiro atoms. The number of rotatable bonds is 6. The van der Waals surface area contributed by atoms with E-state index >= 15 is 0 Å². The molecule has 3 heterocycles. The van der Waals surface area contributed by atoms with Crippen molar-refractivity contribution in [3.63, 3.8) is 0 Å². The first-order valence-corrected chi connectivity index (χ1v) is 13.2. The number of hydrogen-bond donors (Lipinski definition) is 0. The van der Waals surface area contributed by atoms with Gasteiger partial charge in [0.25, 0.3) is 0 Å². The molecule has 180 valence electrons. The lowest BCUT2D eigenvalue weighted by Crippen LogP contribution is -2.39. The predicted octanol–water partition coefficient (Wildman–Crippen LogP) is 4.45. The summed E-state index contributed by atoms with van der Waals surface area (Å²) in [4.78, 5) is 0. The minimum absolute atomic E-state index is 0.634. The Hall–Kier alpha value is -4.57. The molecule has 3 aromatic heterocycles. The summed E-state index contributed by atoms with van der Waals surface area (Å²) in [6.07, 6.45) is 5.67. The highest BCUT2D eigenvalue weighted by atomic mass is 27.3. The molecule has 0 radical (unpaired) electrons. The number of para-hydroxylation sites is 3. The minimum Gasteiger partial charge on any atom is -0.582 e. The molecule has 0 aliphatic heterocycles. The molecule has 37 heavy (non-hydrogen) atoms. The second kappa shape index (κ2) is 9.47. The van der Waals surface area contributed by atoms with Gasteiger partial charge in [0.15, 0.2) is 0 Å². The van der Waals surface area contributed by atoms with Crippen LogP contribution in [0.15, 0.2) is 110 Å². The van der Waals surface area contributed by atoms with Crippen LogP contribution in [0.4, 0.5) is 0 Å². The van der Waals surface area contributed by atoms with Gasteiger partial charge >= 0.3 is 15.1 Å². The number of nitrogens with zero attached hydrogens (tertiary/aromatic N) is 3. The Morgan fingerprint density at radius 2 is 0.730 bits per heavy atom. The van der Waals surface area contributed by atoms with Crippen LogP contribution in [-0.4, -0.2) is 15.1 Å². The SMILES string of the molecule is [CH2-][n+]1cccc2cccc([O][Al]([O]c3cccc4ccc[n+]([CH2-])c34)[O]c3cccc4ccc[n+]([CH2-])c34)c21. The van der Waals surface area contributed by atoms with Gasteiger partial charge in [-0.05, 0) is 34.4 Å². The van der Waals surface area contributed by atoms with E-state index in [0.29, 0.717) is 17.2 Å². The molecule has 0 aliphatic carbocycles. The Bertz CT molecular complexity index is 1550. The van der Waals surface area contributed by atoms with Crippen LogP contribution in [0, 0.1) is 21.1 Å². The van der Waals surface area contributed by atoms with Gasteiger partial charge in [0.1, 0.15) is 16.6 Å². The standard InChI is InChI=1S/3C10H9NO.Al/c3*1-11-7-3-5-8-4-2-6-9(12)10(8)11;/h3*2-7,12H,1H2;/q;;;+3/p-3. The molecule has 0 fully saturated rings. The van der Waals surface area contributed by atoms with E-state index < -0.39 is 15.1 Å². The fourth-order valence-corrected chi connectivity index (χ4v) is 5.92. The van der Waals surface area contributed by atoms with E-state index in [4.69, 9.17) is 11.4 Å². The molecule has 0 aliphatic rings. The molecule has 0 atom stereocenters. The number of fused-ring (bicyclic) bond motifs is 3. The monoisotopic (exact) mass is 501 g/mol. The second-order valence-corrected chi connectivity index (χ2v) is 9.94. The highest BCUT2D eigenvalue weighted by Crippen LogP contribution is 2.28. The van der Waals surface area contributed by atoms with Crippen molar-refractivity contribution in [1.82, 2.24) is 0 Å². The average molecular weight is 502 g/mol. The molecular formula is C30H24AlN3O3. The van der Waals surface area contributed by atoms with Crippen LogP contribution >= 0.6 is 0 Å². The largest absolute Gasteiger partial charge is 1.20 e. The summed E-state index contributed by atoms with van der Waals surface area (Å²) < 4.78 is 25.1. The van der Waals surface area contributed by atoms with Gasteiger partial charge < -0.3 is 25.1 Å². The zero-order valence-corrected chi connectivity index (χ0v) is 21.3. The van der Waals surface area contributed by atoms with Crippen LogP contribution in [-0.2, 0) is 0 Å². The van der Waals surface area contributed by atoms with Crippen molar-refractivity contribution in [2.24, 2.45) is 0 Å². The summed E-state index contributed by atoms with van der Waals surface area (Å²) in [7, 11) is 12.4. The number of hydrogen-bond acceptors (Lipinski definition) is 3. The summed E-state index contributed by atoms with van der Waals surface area (Å²) in [6.45, 7) is 0. The Morgan fingerprint density at radius 3 is 1.05 bits per heavy atom. The highest BCUT2D eigenvalue weighted by Gasteiger charge is 2.45. The molecule has 0 saturated carbocycles. The maximum absolute atomic E-state index is 6.57. The van der Waals surface area contributed by atoms with Gasteiger partial charge in [-0.15, -0.1) is 0 Å². The van der Waals surface area contributed by atoms with E-state index in [-0.39, 0.29) is 0 Å². The van der Waals surface area contributed by atoms with E-state index in [2.05, 4.69) is 21.1 Å². The summed E-state index contributed by atoms with van der Waals surface area (Å²) in [5, 5.41) is 3.01. The molecule has 0 saturated heterocycles. The summed E-state index contributed by atoms with van der Waals surface area (Å²) >= 11 is -2.92. The highest BCUT2D eigenvalue weighted by molar-refractivity contribution is 6.40. The first kappa shape index (κ1) is 22.9. The first-order valence-electron chi connectivity index (χ1n) is 11.8. The fraction of sp³-hybridized carbons (Fsp3) is 0. The molecule has 6 nitrogen and oxygen atoms in total. The Balaban J connectivity index is 1.47. The molecular weight excluding hydrogens is 477 g/mol. The van der Waals surface area contributed by atoms with Crippen molar-refractivity contribution < 1.29 is 25.1 Å². The lowest BCUT2D eigenvalue weighted by atomic mass is 10.2. The first-order chi connectivity index (χ1) is 18.1. The van der Waals surface area contributed by atoms with Gasteiger partial charge in [0, 0.05) is 21.1 Å². The van der Waals surface area contributed by atoms with E-state index in [1.807, 2.05) is 110 Å². The van der Waals surface area contributed by atoms with Gasteiger partial charge in [0.2, 0.25) is 0 Å². The topological polar surface area (TPSA) is 39.3 Å². The zero-order chi connectivity index (χ0) is 25.4. The van der Waals surface area contributed by atoms with Gasteiger partial charge in [-0.25, -0.2) is 0 Å². The third-order valence-corrected chi connectivity index (χ3v) is 7.59. The average Bonchev–Trinajstić information content (AvgIpc) is 2.89. The van der Waals surface area contributed by atoms with E-state index in [9.17, 15) is 0 Å². The smallest absolute Gasteiger partial charge is 0.582 e. The van der Waals surface area contributed by atoms with Crippen molar-refractivity contribution in [2.75, 3.05) is 0 Å². The lowest BCUT2D eigenvalue weighted by molar-refractivity contribution is -0.584. The summed E-state index contributed by atoms with van der Waals surface area (Å²) in [6, 6.07) is 29.6.